The molecular weight excluding hydrogens is 246 g/mol. The third-order valence-corrected chi connectivity index (χ3v) is 3.57. The number of nitrogens with zero attached hydrogens (tertiary/aromatic N) is 2. The number of hydrogen-bond donors (Lipinski definition) is 1. The van der Waals surface area contributed by atoms with E-state index in [1.165, 1.54) is 11.3 Å². The first-order valence-corrected chi connectivity index (χ1v) is 7.51. The van der Waals surface area contributed by atoms with Gasteiger partial charge in [-0.3, -0.25) is 4.68 Å². The third-order valence-electron chi connectivity index (χ3n) is 3.57. The van der Waals surface area contributed by atoms with Crippen LogP contribution in [0.3, 0.4) is 0 Å². The van der Waals surface area contributed by atoms with Gasteiger partial charge < -0.3 is 5.32 Å². The van der Waals surface area contributed by atoms with E-state index in [9.17, 15) is 0 Å². The van der Waals surface area contributed by atoms with Crippen LogP contribution in [0.4, 0.5) is 0 Å². The van der Waals surface area contributed by atoms with Gasteiger partial charge in [0.05, 0.1) is 5.69 Å². The lowest BCUT2D eigenvalue weighted by atomic mass is 9.96. The molecule has 0 aliphatic rings. The van der Waals surface area contributed by atoms with Crippen molar-refractivity contribution >= 4 is 0 Å². The van der Waals surface area contributed by atoms with Crippen molar-refractivity contribution in [1.29, 1.82) is 0 Å². The molecule has 108 valence electrons. The van der Waals surface area contributed by atoms with Crippen LogP contribution in [0.5, 0.6) is 0 Å². The first-order valence-electron chi connectivity index (χ1n) is 7.51. The van der Waals surface area contributed by atoms with Gasteiger partial charge in [-0.1, -0.05) is 51.1 Å². The van der Waals surface area contributed by atoms with Crippen molar-refractivity contribution in [2.24, 2.45) is 5.92 Å². The quantitative estimate of drug-likeness (QED) is 0.830. The molecule has 0 fully saturated rings. The lowest BCUT2D eigenvalue weighted by Gasteiger charge is -2.23. The fourth-order valence-corrected chi connectivity index (χ4v) is 2.54. The van der Waals surface area contributed by atoms with Crippen LogP contribution in [0.25, 0.3) is 0 Å². The Bertz CT molecular complexity index is 502. The van der Waals surface area contributed by atoms with Gasteiger partial charge >= 0.3 is 0 Å². The molecule has 0 saturated carbocycles. The highest BCUT2D eigenvalue weighted by molar-refractivity contribution is 5.19. The number of hydrogen-bond acceptors (Lipinski definition) is 2. The highest BCUT2D eigenvalue weighted by atomic mass is 15.3. The van der Waals surface area contributed by atoms with Crippen LogP contribution in [-0.4, -0.2) is 9.78 Å². The zero-order valence-electron chi connectivity index (χ0n) is 12.7. The highest BCUT2D eigenvalue weighted by Crippen LogP contribution is 2.21. The summed E-state index contributed by atoms with van der Waals surface area (Å²) in [4.78, 5) is 0. The molecule has 20 heavy (non-hydrogen) atoms. The third kappa shape index (κ3) is 3.70. The van der Waals surface area contributed by atoms with E-state index in [0.717, 1.165) is 19.5 Å². The van der Waals surface area contributed by atoms with E-state index in [4.69, 9.17) is 0 Å². The van der Waals surface area contributed by atoms with Gasteiger partial charge in [0.25, 0.3) is 0 Å². The average Bonchev–Trinajstić information content (AvgIpc) is 2.88. The van der Waals surface area contributed by atoms with Crippen molar-refractivity contribution in [3.63, 3.8) is 0 Å². The van der Waals surface area contributed by atoms with E-state index in [1.54, 1.807) is 0 Å². The second-order valence-corrected chi connectivity index (χ2v) is 5.56. The van der Waals surface area contributed by atoms with Gasteiger partial charge in [-0.15, -0.1) is 0 Å². The van der Waals surface area contributed by atoms with Crippen molar-refractivity contribution in [2.45, 2.75) is 46.3 Å². The maximum absolute atomic E-state index is 4.38. The summed E-state index contributed by atoms with van der Waals surface area (Å²) in [5.74, 6) is 0.556. The lowest BCUT2D eigenvalue weighted by Crippen LogP contribution is -2.26. The number of aryl methyl sites for hydroxylation is 1. The van der Waals surface area contributed by atoms with Crippen LogP contribution in [0, 0.1) is 5.92 Å². The second-order valence-electron chi connectivity index (χ2n) is 5.56. The van der Waals surface area contributed by atoms with E-state index < -0.39 is 0 Å². The van der Waals surface area contributed by atoms with Gasteiger partial charge in [0, 0.05) is 25.3 Å². The largest absolute Gasteiger partial charge is 0.304 e. The van der Waals surface area contributed by atoms with E-state index >= 15 is 0 Å². The minimum Gasteiger partial charge on any atom is -0.304 e. The van der Waals surface area contributed by atoms with E-state index in [-0.39, 0.29) is 0 Å². The molecular formula is C17H25N3. The summed E-state index contributed by atoms with van der Waals surface area (Å²) < 4.78 is 2.09. The van der Waals surface area contributed by atoms with Crippen LogP contribution in [-0.2, 0) is 13.1 Å². The van der Waals surface area contributed by atoms with Gasteiger partial charge in [-0.2, -0.15) is 5.10 Å². The number of benzene rings is 1. The summed E-state index contributed by atoms with van der Waals surface area (Å²) in [6, 6.07) is 13.1. The molecule has 0 aliphatic carbocycles. The van der Waals surface area contributed by atoms with Crippen LogP contribution < -0.4 is 5.32 Å². The molecule has 2 rings (SSSR count). The predicted molar refractivity (Wildman–Crippen MR) is 83.4 cm³/mol. The average molecular weight is 271 g/mol. The van der Waals surface area contributed by atoms with Crippen molar-refractivity contribution in [1.82, 2.24) is 15.1 Å². The maximum Gasteiger partial charge on any atom is 0.0522 e. The molecule has 1 aromatic heterocycles. The van der Waals surface area contributed by atoms with Gasteiger partial charge in [0.2, 0.25) is 0 Å². The monoisotopic (exact) mass is 271 g/mol. The van der Waals surface area contributed by atoms with Crippen LogP contribution in [0.2, 0.25) is 0 Å². The Hall–Kier alpha value is -1.61. The Morgan fingerprint density at radius 2 is 1.90 bits per heavy atom. The van der Waals surface area contributed by atoms with Gasteiger partial charge in [-0.25, -0.2) is 0 Å². The van der Waals surface area contributed by atoms with Gasteiger partial charge in [0.1, 0.15) is 0 Å². The molecule has 0 aliphatic heterocycles. The SMILES string of the molecule is CCCn1nccc1CNC(c1ccccc1)C(C)C. The first-order chi connectivity index (χ1) is 9.72. The van der Waals surface area contributed by atoms with Crippen molar-refractivity contribution in [2.75, 3.05) is 0 Å². The summed E-state index contributed by atoms with van der Waals surface area (Å²) in [6.45, 7) is 8.54. The van der Waals surface area contributed by atoms with E-state index in [1.807, 2.05) is 6.20 Å². The molecule has 3 nitrogen and oxygen atoms in total. The molecule has 0 saturated heterocycles. The molecule has 1 heterocycles. The second kappa shape index (κ2) is 7.25. The highest BCUT2D eigenvalue weighted by Gasteiger charge is 2.15. The minimum atomic E-state index is 0.376. The van der Waals surface area contributed by atoms with Crippen LogP contribution in [0.15, 0.2) is 42.6 Å². The number of aromatic nitrogens is 2. The fraction of sp³-hybridized carbons (Fsp3) is 0.471. The Labute approximate surface area is 122 Å². The molecule has 3 heteroatoms. The Kier molecular flexibility index (Phi) is 5.36. The summed E-state index contributed by atoms with van der Waals surface area (Å²) in [7, 11) is 0. The molecule has 0 bridgehead atoms. The number of rotatable bonds is 7. The first kappa shape index (κ1) is 14.8. The standard InChI is InChI=1S/C17H25N3/c1-4-12-20-16(10-11-19-20)13-18-17(14(2)3)15-8-6-5-7-9-15/h5-11,14,17-18H,4,12-13H2,1-3H3. The summed E-state index contributed by atoms with van der Waals surface area (Å²) in [6.07, 6.45) is 3.00. The zero-order chi connectivity index (χ0) is 14.4. The molecule has 0 radical (unpaired) electrons. The smallest absolute Gasteiger partial charge is 0.0522 e. The van der Waals surface area contributed by atoms with E-state index in [0.29, 0.717) is 12.0 Å². The maximum atomic E-state index is 4.38. The predicted octanol–water partition coefficient (Wildman–Crippen LogP) is 3.78. The normalized spacial score (nSPS) is 12.8. The summed E-state index contributed by atoms with van der Waals surface area (Å²) in [5, 5.41) is 8.05. The molecule has 1 unspecified atom stereocenters. The van der Waals surface area contributed by atoms with Gasteiger partial charge in [-0.05, 0) is 24.0 Å². The van der Waals surface area contributed by atoms with Crippen molar-refractivity contribution in [3.05, 3.63) is 53.9 Å². The Balaban J connectivity index is 2.04. The summed E-state index contributed by atoms with van der Waals surface area (Å²) >= 11 is 0. The molecule has 0 amide bonds. The zero-order valence-corrected chi connectivity index (χ0v) is 12.7. The molecule has 1 aromatic carbocycles. The minimum absolute atomic E-state index is 0.376. The lowest BCUT2D eigenvalue weighted by molar-refractivity contribution is 0.401. The van der Waals surface area contributed by atoms with Crippen LogP contribution >= 0.6 is 0 Å². The molecule has 0 spiro atoms. The molecule has 2 aromatic rings. The van der Waals surface area contributed by atoms with E-state index in [2.05, 4.69) is 72.3 Å². The Morgan fingerprint density at radius 1 is 1.15 bits per heavy atom. The fourth-order valence-electron chi connectivity index (χ4n) is 2.54. The van der Waals surface area contributed by atoms with Crippen molar-refractivity contribution in [3.8, 4) is 0 Å². The Morgan fingerprint density at radius 3 is 2.55 bits per heavy atom. The molecule has 1 atom stereocenters. The van der Waals surface area contributed by atoms with Crippen molar-refractivity contribution < 1.29 is 0 Å². The topological polar surface area (TPSA) is 29.9 Å². The van der Waals surface area contributed by atoms with Crippen LogP contribution in [0.1, 0.15) is 44.5 Å². The number of nitrogens with one attached hydrogen (secondary N) is 1. The van der Waals surface area contributed by atoms with Gasteiger partial charge in [0.15, 0.2) is 0 Å². The summed E-state index contributed by atoms with van der Waals surface area (Å²) in [5.41, 5.74) is 2.61. The molecule has 1 N–H and O–H groups in total.